The van der Waals surface area contributed by atoms with Crippen molar-refractivity contribution >= 4 is 21.5 Å². The van der Waals surface area contributed by atoms with E-state index < -0.39 is 9.84 Å². The van der Waals surface area contributed by atoms with Crippen molar-refractivity contribution in [1.82, 2.24) is 9.97 Å². The third-order valence-corrected chi connectivity index (χ3v) is 5.15. The number of hydrogen-bond acceptors (Lipinski definition) is 6. The Morgan fingerprint density at radius 2 is 1.89 bits per heavy atom. The molecule has 0 aromatic carbocycles. The second-order valence-corrected chi connectivity index (χ2v) is 7.03. The minimum absolute atomic E-state index is 0.174. The predicted octanol–water partition coefficient (Wildman–Crippen LogP) is 1.07. The summed E-state index contributed by atoms with van der Waals surface area (Å²) >= 11 is 0. The summed E-state index contributed by atoms with van der Waals surface area (Å²) in [7, 11) is -0.990. The molecule has 1 aliphatic rings. The van der Waals surface area contributed by atoms with Gasteiger partial charge in [0.25, 0.3) is 0 Å². The van der Waals surface area contributed by atoms with Crippen molar-refractivity contribution in [2.45, 2.75) is 32.2 Å². The van der Waals surface area contributed by atoms with Gasteiger partial charge in [-0.3, -0.25) is 0 Å². The Balaban J connectivity index is 2.11. The molecule has 1 saturated heterocycles. The van der Waals surface area contributed by atoms with E-state index in [2.05, 4.69) is 27.5 Å². The molecule has 0 radical (unpaired) electrons. The van der Waals surface area contributed by atoms with E-state index in [4.69, 9.17) is 0 Å². The molecule has 7 heteroatoms. The zero-order valence-electron chi connectivity index (χ0n) is 11.3. The summed E-state index contributed by atoms with van der Waals surface area (Å²) in [6.45, 7) is 2.05. The van der Waals surface area contributed by atoms with Gasteiger partial charge in [-0.1, -0.05) is 6.92 Å². The standard InChI is InChI=1S/C12H20N4O2S/c1-3-10-11(13-2)14-8-15-12(10)16-9-4-6-19(17,18)7-5-9/h8-9H,3-7H2,1-2H3,(H2,13,14,15,16). The summed E-state index contributed by atoms with van der Waals surface area (Å²) in [5.74, 6) is 2.15. The largest absolute Gasteiger partial charge is 0.373 e. The minimum Gasteiger partial charge on any atom is -0.373 e. The lowest BCUT2D eigenvalue weighted by molar-refractivity contribution is 0.559. The van der Waals surface area contributed by atoms with Crippen LogP contribution in [0.4, 0.5) is 11.6 Å². The van der Waals surface area contributed by atoms with Crippen molar-refractivity contribution in [3.05, 3.63) is 11.9 Å². The van der Waals surface area contributed by atoms with Gasteiger partial charge in [0, 0.05) is 18.7 Å². The van der Waals surface area contributed by atoms with Crippen molar-refractivity contribution in [2.24, 2.45) is 0 Å². The molecule has 19 heavy (non-hydrogen) atoms. The summed E-state index contributed by atoms with van der Waals surface area (Å²) in [4.78, 5) is 8.46. The molecule has 106 valence electrons. The molecule has 0 unspecified atom stereocenters. The summed E-state index contributed by atoms with van der Waals surface area (Å²) in [5.41, 5.74) is 1.04. The molecule has 2 heterocycles. The molecule has 2 rings (SSSR count). The second kappa shape index (κ2) is 5.73. The topological polar surface area (TPSA) is 84.0 Å². The summed E-state index contributed by atoms with van der Waals surface area (Å²) in [6.07, 6.45) is 3.63. The molecule has 1 fully saturated rings. The fourth-order valence-corrected chi connectivity index (χ4v) is 3.81. The van der Waals surface area contributed by atoms with Crippen molar-refractivity contribution in [2.75, 3.05) is 29.2 Å². The average Bonchev–Trinajstić information content (AvgIpc) is 2.40. The Morgan fingerprint density at radius 3 is 2.47 bits per heavy atom. The first-order chi connectivity index (χ1) is 9.05. The fraction of sp³-hybridized carbons (Fsp3) is 0.667. The normalized spacial score (nSPS) is 19.1. The Labute approximate surface area is 114 Å². The van der Waals surface area contributed by atoms with Gasteiger partial charge in [-0.25, -0.2) is 18.4 Å². The zero-order valence-corrected chi connectivity index (χ0v) is 12.1. The molecule has 0 spiro atoms. The lowest BCUT2D eigenvalue weighted by atomic mass is 10.1. The van der Waals surface area contributed by atoms with E-state index >= 15 is 0 Å². The highest BCUT2D eigenvalue weighted by molar-refractivity contribution is 7.91. The number of nitrogens with one attached hydrogen (secondary N) is 2. The van der Waals surface area contributed by atoms with Gasteiger partial charge in [0.05, 0.1) is 11.5 Å². The molecule has 1 aromatic rings. The maximum absolute atomic E-state index is 11.4. The van der Waals surface area contributed by atoms with Crippen LogP contribution in [-0.2, 0) is 16.3 Å². The third-order valence-electron chi connectivity index (χ3n) is 3.43. The molecular weight excluding hydrogens is 264 g/mol. The molecule has 0 bridgehead atoms. The highest BCUT2D eigenvalue weighted by Crippen LogP contribution is 2.23. The van der Waals surface area contributed by atoms with Crippen LogP contribution in [0.15, 0.2) is 6.33 Å². The Hall–Kier alpha value is -1.37. The second-order valence-electron chi connectivity index (χ2n) is 4.72. The molecular formula is C12H20N4O2S. The number of sulfone groups is 1. The first-order valence-electron chi connectivity index (χ1n) is 6.54. The van der Waals surface area contributed by atoms with Crippen LogP contribution in [0.1, 0.15) is 25.3 Å². The average molecular weight is 284 g/mol. The fourth-order valence-electron chi connectivity index (χ4n) is 2.31. The predicted molar refractivity (Wildman–Crippen MR) is 76.3 cm³/mol. The lowest BCUT2D eigenvalue weighted by Gasteiger charge is -2.24. The summed E-state index contributed by atoms with van der Waals surface area (Å²) < 4.78 is 22.8. The van der Waals surface area contributed by atoms with E-state index in [1.165, 1.54) is 6.33 Å². The van der Waals surface area contributed by atoms with Crippen LogP contribution < -0.4 is 10.6 Å². The van der Waals surface area contributed by atoms with Gasteiger partial charge in [-0.2, -0.15) is 0 Å². The van der Waals surface area contributed by atoms with E-state index in [1.54, 1.807) is 0 Å². The van der Waals surface area contributed by atoms with Crippen LogP contribution in [0.25, 0.3) is 0 Å². The van der Waals surface area contributed by atoms with Gasteiger partial charge in [0.2, 0.25) is 0 Å². The van der Waals surface area contributed by atoms with E-state index in [1.807, 2.05) is 7.05 Å². The molecule has 2 N–H and O–H groups in total. The van der Waals surface area contributed by atoms with Gasteiger partial charge >= 0.3 is 0 Å². The van der Waals surface area contributed by atoms with Crippen LogP contribution in [0.5, 0.6) is 0 Å². The van der Waals surface area contributed by atoms with Crippen LogP contribution in [0.2, 0.25) is 0 Å². The molecule has 0 atom stereocenters. The van der Waals surface area contributed by atoms with Gasteiger partial charge < -0.3 is 10.6 Å². The van der Waals surface area contributed by atoms with Gasteiger partial charge in [-0.05, 0) is 19.3 Å². The Kier molecular flexibility index (Phi) is 4.24. The number of rotatable bonds is 4. The van der Waals surface area contributed by atoms with Crippen LogP contribution in [0.3, 0.4) is 0 Å². The Morgan fingerprint density at radius 1 is 1.26 bits per heavy atom. The summed E-state index contributed by atoms with van der Waals surface area (Å²) in [6, 6.07) is 0.174. The molecule has 0 aliphatic carbocycles. The maximum atomic E-state index is 11.4. The smallest absolute Gasteiger partial charge is 0.150 e. The number of nitrogens with zero attached hydrogens (tertiary/aromatic N) is 2. The molecule has 0 amide bonds. The Bertz CT molecular complexity index is 531. The monoisotopic (exact) mass is 284 g/mol. The highest BCUT2D eigenvalue weighted by Gasteiger charge is 2.24. The van der Waals surface area contributed by atoms with Crippen molar-refractivity contribution < 1.29 is 8.42 Å². The van der Waals surface area contributed by atoms with Gasteiger partial charge in [0.15, 0.2) is 0 Å². The van der Waals surface area contributed by atoms with Crippen LogP contribution in [-0.4, -0.2) is 43.0 Å². The molecule has 0 saturated carbocycles. The van der Waals surface area contributed by atoms with E-state index in [9.17, 15) is 8.42 Å². The van der Waals surface area contributed by atoms with Crippen LogP contribution in [0, 0.1) is 0 Å². The molecule has 1 aliphatic heterocycles. The highest BCUT2D eigenvalue weighted by atomic mass is 32.2. The maximum Gasteiger partial charge on any atom is 0.150 e. The molecule has 1 aromatic heterocycles. The minimum atomic E-state index is -2.82. The van der Waals surface area contributed by atoms with Gasteiger partial charge in [-0.15, -0.1) is 0 Å². The van der Waals surface area contributed by atoms with Crippen molar-refractivity contribution in [3.63, 3.8) is 0 Å². The number of aromatic nitrogens is 2. The first kappa shape index (κ1) is 14.0. The van der Waals surface area contributed by atoms with Crippen molar-refractivity contribution in [1.29, 1.82) is 0 Å². The van der Waals surface area contributed by atoms with E-state index in [0.717, 1.165) is 23.6 Å². The zero-order chi connectivity index (χ0) is 13.9. The summed E-state index contributed by atoms with van der Waals surface area (Å²) in [5, 5.41) is 6.41. The first-order valence-corrected chi connectivity index (χ1v) is 8.36. The van der Waals surface area contributed by atoms with Gasteiger partial charge in [0.1, 0.15) is 27.8 Å². The van der Waals surface area contributed by atoms with E-state index in [-0.39, 0.29) is 17.5 Å². The number of hydrogen-bond donors (Lipinski definition) is 2. The van der Waals surface area contributed by atoms with Crippen molar-refractivity contribution in [3.8, 4) is 0 Å². The number of anilines is 2. The molecule has 6 nitrogen and oxygen atoms in total. The van der Waals surface area contributed by atoms with Crippen LogP contribution >= 0.6 is 0 Å². The quantitative estimate of drug-likeness (QED) is 0.860. The lowest BCUT2D eigenvalue weighted by Crippen LogP contribution is -2.32. The third kappa shape index (κ3) is 3.34. The SMILES string of the molecule is CCc1c(NC)ncnc1NC1CCS(=O)(=O)CC1. The van der Waals surface area contributed by atoms with E-state index in [0.29, 0.717) is 12.8 Å².